The first-order chi connectivity index (χ1) is 11.3. The van der Waals surface area contributed by atoms with Crippen LogP contribution < -0.4 is 5.32 Å². The minimum absolute atomic E-state index is 0.241. The van der Waals surface area contributed by atoms with Crippen molar-refractivity contribution in [3.8, 4) is 0 Å². The van der Waals surface area contributed by atoms with Crippen LogP contribution in [0.4, 0.5) is 0 Å². The molecule has 0 unspecified atom stereocenters. The number of hydrogen-bond acceptors (Lipinski definition) is 5. The Morgan fingerprint density at radius 3 is 2.61 bits per heavy atom. The van der Waals surface area contributed by atoms with E-state index in [1.807, 2.05) is 0 Å². The first kappa shape index (κ1) is 16.8. The van der Waals surface area contributed by atoms with Crippen molar-refractivity contribution >= 4 is 17.7 Å². The van der Waals surface area contributed by atoms with Crippen molar-refractivity contribution in [2.75, 3.05) is 12.3 Å². The van der Waals surface area contributed by atoms with E-state index in [4.69, 9.17) is 4.42 Å². The summed E-state index contributed by atoms with van der Waals surface area (Å²) < 4.78 is 5.79. The van der Waals surface area contributed by atoms with Gasteiger partial charge in [0.05, 0.1) is 0 Å². The van der Waals surface area contributed by atoms with E-state index >= 15 is 0 Å². The highest BCUT2D eigenvalue weighted by Crippen LogP contribution is 2.33. The summed E-state index contributed by atoms with van der Waals surface area (Å²) >= 11 is 1.60. The summed E-state index contributed by atoms with van der Waals surface area (Å²) in [4.78, 5) is 11.9. The van der Waals surface area contributed by atoms with Crippen LogP contribution in [0.5, 0.6) is 0 Å². The van der Waals surface area contributed by atoms with Crippen LogP contribution in [0.2, 0.25) is 0 Å². The van der Waals surface area contributed by atoms with Crippen molar-refractivity contribution < 1.29 is 9.21 Å². The van der Waals surface area contributed by atoms with Gasteiger partial charge in [0.25, 0.3) is 5.22 Å². The van der Waals surface area contributed by atoms with E-state index in [9.17, 15) is 4.79 Å². The molecule has 2 fully saturated rings. The smallest absolute Gasteiger partial charge is 0.276 e. The van der Waals surface area contributed by atoms with Crippen LogP contribution in [-0.4, -0.2) is 28.4 Å². The first-order valence-electron chi connectivity index (χ1n) is 9.07. The molecule has 0 aliphatic heterocycles. The van der Waals surface area contributed by atoms with Crippen LogP contribution in [0, 0.1) is 5.92 Å². The number of hydrogen-bond donors (Lipinski definition) is 1. The molecule has 2 aliphatic carbocycles. The Bertz CT molecular complexity index is 494. The number of carbonyl (C=O) groups is 1. The Morgan fingerprint density at radius 1 is 1.09 bits per heavy atom. The largest absolute Gasteiger partial charge is 0.416 e. The summed E-state index contributed by atoms with van der Waals surface area (Å²) in [5.41, 5.74) is 0. The number of carbonyl (C=O) groups excluding carboxylic acids is 1. The van der Waals surface area contributed by atoms with Crippen LogP contribution in [-0.2, 0) is 4.79 Å². The second-order valence-corrected chi connectivity index (χ2v) is 7.76. The van der Waals surface area contributed by atoms with Crippen molar-refractivity contribution in [3.05, 3.63) is 5.89 Å². The van der Waals surface area contributed by atoms with Crippen molar-refractivity contribution in [2.45, 2.75) is 75.3 Å². The van der Waals surface area contributed by atoms with E-state index in [-0.39, 0.29) is 11.8 Å². The zero-order chi connectivity index (χ0) is 15.9. The molecule has 1 N–H and O–H groups in total. The molecule has 1 aromatic heterocycles. The molecular formula is C17H27N3O2S. The molecule has 5 nitrogen and oxygen atoms in total. The van der Waals surface area contributed by atoms with Crippen molar-refractivity contribution in [3.63, 3.8) is 0 Å². The lowest BCUT2D eigenvalue weighted by Crippen LogP contribution is -2.30. The third-order valence-corrected chi connectivity index (χ3v) is 5.85. The fourth-order valence-corrected chi connectivity index (χ4v) is 4.27. The van der Waals surface area contributed by atoms with Gasteiger partial charge in [-0.05, 0) is 32.1 Å². The molecule has 2 saturated carbocycles. The van der Waals surface area contributed by atoms with Gasteiger partial charge in [0.2, 0.25) is 11.8 Å². The minimum Gasteiger partial charge on any atom is -0.416 e. The number of thioether (sulfide) groups is 1. The molecule has 0 radical (unpaired) electrons. The normalized spacial score (nSPS) is 20.0. The monoisotopic (exact) mass is 337 g/mol. The van der Waals surface area contributed by atoms with Gasteiger partial charge in [-0.1, -0.05) is 43.9 Å². The van der Waals surface area contributed by atoms with Crippen LogP contribution in [0.15, 0.2) is 9.64 Å². The van der Waals surface area contributed by atoms with E-state index in [2.05, 4.69) is 15.5 Å². The van der Waals surface area contributed by atoms with E-state index in [0.717, 1.165) is 37.5 Å². The Hall–Kier alpha value is -1.04. The highest BCUT2D eigenvalue weighted by molar-refractivity contribution is 7.99. The molecule has 3 rings (SSSR count). The van der Waals surface area contributed by atoms with Gasteiger partial charge in [-0.25, -0.2) is 0 Å². The van der Waals surface area contributed by atoms with Gasteiger partial charge in [0, 0.05) is 24.1 Å². The first-order valence-corrected chi connectivity index (χ1v) is 10.1. The lowest BCUT2D eigenvalue weighted by atomic mass is 9.89. The van der Waals surface area contributed by atoms with E-state index < -0.39 is 0 Å². The second-order valence-electron chi connectivity index (χ2n) is 6.72. The maximum absolute atomic E-state index is 11.9. The number of aromatic nitrogens is 2. The maximum atomic E-state index is 11.9. The SMILES string of the molecule is O=C(NCCCSc1nnc(C2CCCCC2)o1)C1CCCC1. The molecule has 23 heavy (non-hydrogen) atoms. The van der Waals surface area contributed by atoms with Gasteiger partial charge in [-0.15, -0.1) is 10.2 Å². The van der Waals surface area contributed by atoms with Gasteiger partial charge in [-0.3, -0.25) is 4.79 Å². The summed E-state index contributed by atoms with van der Waals surface area (Å²) in [6.45, 7) is 0.742. The standard InChI is InChI=1S/C17H27N3O2S/c21-15(13-7-4-5-8-13)18-11-6-12-23-17-20-19-16(22-17)14-9-2-1-3-10-14/h13-14H,1-12H2,(H,18,21). The lowest BCUT2D eigenvalue weighted by Gasteiger charge is -2.17. The number of nitrogens with zero attached hydrogens (tertiary/aromatic N) is 2. The van der Waals surface area contributed by atoms with Crippen LogP contribution in [0.3, 0.4) is 0 Å². The van der Waals surface area contributed by atoms with Crippen molar-refractivity contribution in [2.24, 2.45) is 5.92 Å². The third kappa shape index (κ3) is 4.96. The summed E-state index contributed by atoms with van der Waals surface area (Å²) in [5.74, 6) is 2.69. The topological polar surface area (TPSA) is 68.0 Å². The zero-order valence-corrected chi connectivity index (χ0v) is 14.6. The molecule has 0 atom stereocenters. The van der Waals surface area contributed by atoms with E-state index in [1.54, 1.807) is 11.8 Å². The van der Waals surface area contributed by atoms with Crippen LogP contribution >= 0.6 is 11.8 Å². The molecule has 0 spiro atoms. The average Bonchev–Trinajstić information content (AvgIpc) is 3.27. The quantitative estimate of drug-likeness (QED) is 0.603. The van der Waals surface area contributed by atoms with E-state index in [1.165, 1.54) is 44.9 Å². The van der Waals surface area contributed by atoms with Crippen LogP contribution in [0.1, 0.15) is 76.0 Å². The second kappa shape index (κ2) is 8.71. The Kier molecular flexibility index (Phi) is 6.37. The van der Waals surface area contributed by atoms with Gasteiger partial charge >= 0.3 is 0 Å². The zero-order valence-electron chi connectivity index (χ0n) is 13.8. The molecule has 0 aromatic carbocycles. The van der Waals surface area contributed by atoms with Crippen molar-refractivity contribution in [1.82, 2.24) is 15.5 Å². The molecule has 1 amide bonds. The molecule has 1 aromatic rings. The highest BCUT2D eigenvalue weighted by Gasteiger charge is 2.22. The molecule has 1 heterocycles. The molecule has 2 aliphatic rings. The third-order valence-electron chi connectivity index (χ3n) is 4.95. The number of nitrogens with one attached hydrogen (secondary N) is 1. The molecule has 0 saturated heterocycles. The maximum Gasteiger partial charge on any atom is 0.276 e. The van der Waals surface area contributed by atoms with Gasteiger partial charge in [0.15, 0.2) is 0 Å². The Balaban J connectivity index is 1.31. The lowest BCUT2D eigenvalue weighted by molar-refractivity contribution is -0.124. The average molecular weight is 337 g/mol. The Labute approximate surface area is 142 Å². The predicted octanol–water partition coefficient (Wildman–Crippen LogP) is 3.91. The molecule has 128 valence electrons. The van der Waals surface area contributed by atoms with Gasteiger partial charge in [0.1, 0.15) is 0 Å². The van der Waals surface area contributed by atoms with Gasteiger partial charge in [-0.2, -0.15) is 0 Å². The fraction of sp³-hybridized carbons (Fsp3) is 0.824. The summed E-state index contributed by atoms with van der Waals surface area (Å²) in [7, 11) is 0. The number of amides is 1. The predicted molar refractivity (Wildman–Crippen MR) is 90.4 cm³/mol. The van der Waals surface area contributed by atoms with E-state index in [0.29, 0.717) is 11.1 Å². The van der Waals surface area contributed by atoms with Crippen LogP contribution in [0.25, 0.3) is 0 Å². The number of rotatable bonds is 7. The highest BCUT2D eigenvalue weighted by atomic mass is 32.2. The molecule has 0 bridgehead atoms. The Morgan fingerprint density at radius 2 is 1.83 bits per heavy atom. The van der Waals surface area contributed by atoms with Crippen molar-refractivity contribution in [1.29, 1.82) is 0 Å². The summed E-state index contributed by atoms with van der Waals surface area (Å²) in [5, 5.41) is 12.1. The molecule has 6 heteroatoms. The fourth-order valence-electron chi connectivity index (χ4n) is 3.57. The minimum atomic E-state index is 0.241. The summed E-state index contributed by atoms with van der Waals surface area (Å²) in [6.07, 6.45) is 11.7. The molecular weight excluding hydrogens is 310 g/mol. The van der Waals surface area contributed by atoms with Gasteiger partial charge < -0.3 is 9.73 Å². The summed E-state index contributed by atoms with van der Waals surface area (Å²) in [6, 6.07) is 0.